The number of carbonyl (C=O) groups is 1. The first-order chi connectivity index (χ1) is 9.24. The van der Waals surface area contributed by atoms with E-state index in [4.69, 9.17) is 4.74 Å². The zero-order chi connectivity index (χ0) is 13.4. The zero-order valence-electron chi connectivity index (χ0n) is 12.2. The number of fused-ring (bicyclic) bond motifs is 2. The zero-order valence-corrected chi connectivity index (χ0v) is 12.2. The van der Waals surface area contributed by atoms with Crippen LogP contribution in [-0.2, 0) is 9.53 Å². The molecule has 4 aliphatic rings. The SMILES string of the molecule is CCN1CC2C3CCN(CC3)C2C1CCC(=O)OC. The van der Waals surface area contributed by atoms with Crippen molar-refractivity contribution in [2.24, 2.45) is 11.8 Å². The van der Waals surface area contributed by atoms with Gasteiger partial charge in [-0.25, -0.2) is 0 Å². The summed E-state index contributed by atoms with van der Waals surface area (Å²) in [6, 6.07) is 1.27. The van der Waals surface area contributed by atoms with E-state index in [1.807, 2.05) is 0 Å². The van der Waals surface area contributed by atoms with Crippen molar-refractivity contribution in [2.45, 2.75) is 44.7 Å². The van der Waals surface area contributed by atoms with Gasteiger partial charge in [-0.15, -0.1) is 0 Å². The van der Waals surface area contributed by atoms with Crippen molar-refractivity contribution in [2.75, 3.05) is 33.3 Å². The van der Waals surface area contributed by atoms with Gasteiger partial charge in [0.25, 0.3) is 0 Å². The van der Waals surface area contributed by atoms with Gasteiger partial charge in [-0.05, 0) is 50.7 Å². The minimum absolute atomic E-state index is 0.0597. The lowest BCUT2D eigenvalue weighted by molar-refractivity contribution is -0.141. The Bertz CT molecular complexity index is 339. The van der Waals surface area contributed by atoms with Gasteiger partial charge in [0.1, 0.15) is 0 Å². The first-order valence-electron chi connectivity index (χ1n) is 7.79. The predicted molar refractivity (Wildman–Crippen MR) is 73.9 cm³/mol. The van der Waals surface area contributed by atoms with Crippen molar-refractivity contribution in [3.8, 4) is 0 Å². The van der Waals surface area contributed by atoms with E-state index < -0.39 is 0 Å². The molecule has 0 spiro atoms. The molecule has 0 N–H and O–H groups in total. The van der Waals surface area contributed by atoms with Gasteiger partial charge >= 0.3 is 5.97 Å². The monoisotopic (exact) mass is 266 g/mol. The maximum absolute atomic E-state index is 11.4. The number of carbonyl (C=O) groups excluding carboxylic acids is 1. The van der Waals surface area contributed by atoms with Gasteiger partial charge in [0.05, 0.1) is 7.11 Å². The number of rotatable bonds is 4. The highest BCUT2D eigenvalue weighted by atomic mass is 16.5. The largest absolute Gasteiger partial charge is 0.469 e. The summed E-state index contributed by atoms with van der Waals surface area (Å²) in [5, 5.41) is 0. The molecule has 4 nitrogen and oxygen atoms in total. The van der Waals surface area contributed by atoms with Crippen LogP contribution in [0, 0.1) is 11.8 Å². The first kappa shape index (κ1) is 13.4. The number of methoxy groups -OCH3 is 1. The molecule has 4 saturated heterocycles. The molecule has 4 rings (SSSR count). The summed E-state index contributed by atoms with van der Waals surface area (Å²) < 4.78 is 4.81. The number of likely N-dealkylation sites (N-methyl/N-ethyl adjacent to an activating group) is 1. The molecule has 108 valence electrons. The number of hydrogen-bond donors (Lipinski definition) is 0. The molecular formula is C15H26N2O2. The van der Waals surface area contributed by atoms with Crippen LogP contribution < -0.4 is 0 Å². The second-order valence-electron chi connectivity index (χ2n) is 6.30. The van der Waals surface area contributed by atoms with Gasteiger partial charge in [0.15, 0.2) is 0 Å². The van der Waals surface area contributed by atoms with E-state index in [-0.39, 0.29) is 5.97 Å². The van der Waals surface area contributed by atoms with Crippen LogP contribution in [-0.4, -0.2) is 61.1 Å². The second kappa shape index (κ2) is 5.41. The van der Waals surface area contributed by atoms with Crippen LogP contribution in [0.3, 0.4) is 0 Å². The molecular weight excluding hydrogens is 240 g/mol. The Morgan fingerprint density at radius 1 is 1.32 bits per heavy atom. The Balaban J connectivity index is 1.71. The van der Waals surface area contributed by atoms with Gasteiger partial charge in [-0.3, -0.25) is 14.6 Å². The van der Waals surface area contributed by atoms with E-state index in [9.17, 15) is 4.79 Å². The molecule has 19 heavy (non-hydrogen) atoms. The minimum Gasteiger partial charge on any atom is -0.469 e. The van der Waals surface area contributed by atoms with E-state index in [0.29, 0.717) is 18.5 Å². The van der Waals surface area contributed by atoms with Crippen molar-refractivity contribution in [1.82, 2.24) is 9.80 Å². The number of piperidine rings is 3. The molecule has 4 heteroatoms. The molecule has 3 unspecified atom stereocenters. The van der Waals surface area contributed by atoms with Crippen LogP contribution in [0.15, 0.2) is 0 Å². The lowest BCUT2D eigenvalue weighted by Crippen LogP contribution is -2.57. The van der Waals surface area contributed by atoms with Crippen molar-refractivity contribution in [1.29, 1.82) is 0 Å². The van der Waals surface area contributed by atoms with Crippen LogP contribution >= 0.6 is 0 Å². The molecule has 0 aromatic heterocycles. The highest BCUT2D eigenvalue weighted by Crippen LogP contribution is 2.44. The predicted octanol–water partition coefficient (Wildman–Crippen LogP) is 1.35. The molecule has 0 saturated carbocycles. The molecule has 0 radical (unpaired) electrons. The number of likely N-dealkylation sites (tertiary alicyclic amines) is 1. The van der Waals surface area contributed by atoms with Gasteiger partial charge < -0.3 is 4.74 Å². The molecule has 4 fully saturated rings. The highest BCUT2D eigenvalue weighted by molar-refractivity contribution is 5.69. The summed E-state index contributed by atoms with van der Waals surface area (Å²) in [6.07, 6.45) is 4.31. The standard InChI is InChI=1S/C15H26N2O2/c1-3-16-10-12-11-6-8-17(9-7-11)15(12)13(16)4-5-14(18)19-2/h11-13,15H,3-10H2,1-2H3. The van der Waals surface area contributed by atoms with Crippen molar-refractivity contribution in [3.05, 3.63) is 0 Å². The second-order valence-corrected chi connectivity index (χ2v) is 6.30. The molecule has 0 amide bonds. The van der Waals surface area contributed by atoms with E-state index >= 15 is 0 Å². The van der Waals surface area contributed by atoms with Crippen LogP contribution in [0.1, 0.15) is 32.6 Å². The Morgan fingerprint density at radius 2 is 2.05 bits per heavy atom. The van der Waals surface area contributed by atoms with Gasteiger partial charge in [0.2, 0.25) is 0 Å². The highest BCUT2D eigenvalue weighted by Gasteiger charge is 2.51. The average Bonchev–Trinajstić information content (AvgIpc) is 2.86. The topological polar surface area (TPSA) is 32.8 Å². The average molecular weight is 266 g/mol. The molecule has 2 bridgehead atoms. The van der Waals surface area contributed by atoms with Crippen molar-refractivity contribution >= 4 is 5.97 Å². The molecule has 3 atom stereocenters. The minimum atomic E-state index is -0.0597. The molecule has 4 heterocycles. The molecule has 0 aliphatic carbocycles. The van der Waals surface area contributed by atoms with Gasteiger partial charge in [0, 0.05) is 25.0 Å². The summed E-state index contributed by atoms with van der Waals surface area (Å²) in [4.78, 5) is 16.7. The van der Waals surface area contributed by atoms with Crippen LogP contribution in [0.25, 0.3) is 0 Å². The van der Waals surface area contributed by atoms with Crippen LogP contribution in [0.4, 0.5) is 0 Å². The Kier molecular flexibility index (Phi) is 3.81. The number of hydrogen-bond acceptors (Lipinski definition) is 4. The third-order valence-electron chi connectivity index (χ3n) is 5.63. The summed E-state index contributed by atoms with van der Waals surface area (Å²) in [7, 11) is 1.49. The molecule has 0 aromatic rings. The Hall–Kier alpha value is -0.610. The summed E-state index contributed by atoms with van der Waals surface area (Å²) in [5.74, 6) is 1.73. The third kappa shape index (κ3) is 2.29. The number of esters is 1. The fourth-order valence-electron chi connectivity index (χ4n) is 4.69. The summed E-state index contributed by atoms with van der Waals surface area (Å²) in [5.41, 5.74) is 0. The maximum Gasteiger partial charge on any atom is 0.305 e. The van der Waals surface area contributed by atoms with E-state index in [1.54, 1.807) is 0 Å². The normalized spacial score (nSPS) is 41.3. The van der Waals surface area contributed by atoms with Crippen molar-refractivity contribution in [3.63, 3.8) is 0 Å². The van der Waals surface area contributed by atoms with E-state index in [2.05, 4.69) is 16.7 Å². The number of ether oxygens (including phenoxy) is 1. The Morgan fingerprint density at radius 3 is 2.68 bits per heavy atom. The smallest absolute Gasteiger partial charge is 0.305 e. The Labute approximate surface area is 116 Å². The lowest BCUT2D eigenvalue weighted by atomic mass is 9.73. The van der Waals surface area contributed by atoms with Crippen molar-refractivity contribution < 1.29 is 9.53 Å². The maximum atomic E-state index is 11.4. The fourth-order valence-corrected chi connectivity index (χ4v) is 4.69. The summed E-state index contributed by atoms with van der Waals surface area (Å²) in [6.45, 7) is 7.16. The lowest BCUT2D eigenvalue weighted by Gasteiger charge is -2.49. The quantitative estimate of drug-likeness (QED) is 0.719. The van der Waals surface area contributed by atoms with Gasteiger partial charge in [-0.1, -0.05) is 6.92 Å². The first-order valence-corrected chi connectivity index (χ1v) is 7.79. The fraction of sp³-hybridized carbons (Fsp3) is 0.933. The third-order valence-corrected chi connectivity index (χ3v) is 5.63. The van der Waals surface area contributed by atoms with Crippen LogP contribution in [0.2, 0.25) is 0 Å². The molecule has 0 aromatic carbocycles. The van der Waals surface area contributed by atoms with Gasteiger partial charge in [-0.2, -0.15) is 0 Å². The van der Waals surface area contributed by atoms with Crippen LogP contribution in [0.5, 0.6) is 0 Å². The molecule has 4 aliphatic heterocycles. The summed E-state index contributed by atoms with van der Waals surface area (Å²) >= 11 is 0. The van der Waals surface area contributed by atoms with E-state index in [1.165, 1.54) is 39.6 Å². The number of nitrogens with zero attached hydrogens (tertiary/aromatic N) is 2. The van der Waals surface area contributed by atoms with E-state index in [0.717, 1.165) is 24.8 Å².